The molecule has 0 spiro atoms. The third-order valence-corrected chi connectivity index (χ3v) is 4.52. The Bertz CT molecular complexity index is 1000. The summed E-state index contributed by atoms with van der Waals surface area (Å²) in [6, 6.07) is 10.5. The first-order valence-corrected chi connectivity index (χ1v) is 9.25. The Balaban J connectivity index is 1.65. The molecular formula is C22H23F3N2O2. The molecule has 3 rings (SSSR count). The van der Waals surface area contributed by atoms with Gasteiger partial charge in [0.15, 0.2) is 0 Å². The molecule has 154 valence electrons. The number of carbonyl (C=O) groups excluding carboxylic acids is 1. The van der Waals surface area contributed by atoms with Crippen molar-refractivity contribution < 1.29 is 22.7 Å². The molecule has 1 amide bonds. The molecule has 0 bridgehead atoms. The van der Waals surface area contributed by atoms with E-state index in [1.54, 1.807) is 6.20 Å². The third-order valence-electron chi connectivity index (χ3n) is 4.52. The maximum Gasteiger partial charge on any atom is 0.416 e. The minimum atomic E-state index is -4.36. The number of nitrogens with one attached hydrogen (secondary N) is 2. The highest BCUT2D eigenvalue weighted by molar-refractivity contribution is 6.03. The fraction of sp³-hybridized carbons (Fsp3) is 0.318. The Morgan fingerprint density at radius 1 is 1.07 bits per heavy atom. The molecule has 3 aromatic rings. The summed E-state index contributed by atoms with van der Waals surface area (Å²) in [5, 5.41) is 3.84. The number of halogens is 3. The van der Waals surface area contributed by atoms with Crippen molar-refractivity contribution in [1.29, 1.82) is 0 Å². The van der Waals surface area contributed by atoms with Crippen LogP contribution in [-0.2, 0) is 17.4 Å². The summed E-state index contributed by atoms with van der Waals surface area (Å²) in [6.07, 6.45) is -2.02. The number of hydrogen-bond donors (Lipinski definition) is 2. The van der Waals surface area contributed by atoms with Crippen LogP contribution < -0.4 is 10.1 Å². The number of aromatic amines is 1. The Hall–Kier alpha value is -2.96. The maximum absolute atomic E-state index is 12.6. The summed E-state index contributed by atoms with van der Waals surface area (Å²) in [5.74, 6) is 0.313. The van der Waals surface area contributed by atoms with E-state index in [4.69, 9.17) is 4.74 Å². The van der Waals surface area contributed by atoms with E-state index >= 15 is 0 Å². The summed E-state index contributed by atoms with van der Waals surface area (Å²) in [6.45, 7) is 5.87. The lowest BCUT2D eigenvalue weighted by Crippen LogP contribution is -2.27. The number of fused-ring (bicyclic) bond motifs is 1. The summed E-state index contributed by atoms with van der Waals surface area (Å²) in [5.41, 5.74) is 1.41. The average Bonchev–Trinajstić information content (AvgIpc) is 3.03. The van der Waals surface area contributed by atoms with E-state index in [-0.39, 0.29) is 5.91 Å². The number of ether oxygens (including phenoxy) is 1. The number of benzene rings is 2. The monoisotopic (exact) mass is 404 g/mol. The van der Waals surface area contributed by atoms with Crippen LogP contribution in [0.5, 0.6) is 5.75 Å². The first kappa shape index (κ1) is 20.8. The van der Waals surface area contributed by atoms with Gasteiger partial charge in [-0.3, -0.25) is 4.79 Å². The van der Waals surface area contributed by atoms with Crippen molar-refractivity contribution in [1.82, 2.24) is 4.98 Å². The largest absolute Gasteiger partial charge is 0.493 e. The van der Waals surface area contributed by atoms with Crippen LogP contribution in [-0.4, -0.2) is 17.5 Å². The molecule has 0 aliphatic rings. The van der Waals surface area contributed by atoms with Gasteiger partial charge in [-0.05, 0) is 42.0 Å². The van der Waals surface area contributed by atoms with Crippen LogP contribution >= 0.6 is 0 Å². The lowest BCUT2D eigenvalue weighted by atomic mass is 9.95. The van der Waals surface area contributed by atoms with Gasteiger partial charge in [-0.15, -0.1) is 0 Å². The van der Waals surface area contributed by atoms with Gasteiger partial charge in [0.25, 0.3) is 0 Å². The molecule has 0 saturated carbocycles. The van der Waals surface area contributed by atoms with Crippen LogP contribution in [0.15, 0.2) is 48.7 Å². The quantitative estimate of drug-likeness (QED) is 0.565. The number of amides is 1. The highest BCUT2D eigenvalue weighted by atomic mass is 19.4. The highest BCUT2D eigenvalue weighted by Crippen LogP contribution is 2.30. The lowest BCUT2D eigenvalue weighted by molar-refractivity contribution is -0.137. The number of H-pyrrole nitrogens is 1. The molecule has 2 aromatic carbocycles. The van der Waals surface area contributed by atoms with Crippen molar-refractivity contribution in [2.75, 3.05) is 11.9 Å². The van der Waals surface area contributed by atoms with Gasteiger partial charge in [-0.2, -0.15) is 13.2 Å². The number of carbonyl (C=O) groups is 1. The first-order chi connectivity index (χ1) is 13.5. The minimum absolute atomic E-state index is 0.0746. The van der Waals surface area contributed by atoms with E-state index in [1.165, 1.54) is 12.1 Å². The molecule has 4 nitrogen and oxygen atoms in total. The number of aromatic nitrogens is 1. The fourth-order valence-corrected chi connectivity index (χ4v) is 2.76. The SMILES string of the molecule is CC(C)(C)C(=O)Nc1c[nH]c2ccc(CCOc3ccc(C(F)(F)F)cc3)cc12. The van der Waals surface area contributed by atoms with Crippen LogP contribution in [0, 0.1) is 5.41 Å². The van der Waals surface area contributed by atoms with E-state index in [0.717, 1.165) is 28.6 Å². The lowest BCUT2D eigenvalue weighted by Gasteiger charge is -2.17. The molecule has 0 atom stereocenters. The van der Waals surface area contributed by atoms with Gasteiger partial charge in [0.2, 0.25) is 5.91 Å². The predicted molar refractivity (Wildman–Crippen MR) is 107 cm³/mol. The van der Waals surface area contributed by atoms with Crippen LogP contribution in [0.4, 0.5) is 18.9 Å². The van der Waals surface area contributed by atoms with Crippen molar-refractivity contribution >= 4 is 22.5 Å². The van der Waals surface area contributed by atoms with Gasteiger partial charge >= 0.3 is 6.18 Å². The second kappa shape index (κ2) is 7.81. The zero-order chi connectivity index (χ0) is 21.2. The zero-order valence-corrected chi connectivity index (χ0v) is 16.5. The standard InChI is InChI=1S/C22H23F3N2O2/c1-21(2,3)20(28)27-19-13-26-18-9-4-14(12-17(18)19)10-11-29-16-7-5-15(6-8-16)22(23,24)25/h4-9,12-13,26H,10-11H2,1-3H3,(H,27,28). The summed E-state index contributed by atoms with van der Waals surface area (Å²) >= 11 is 0. The predicted octanol–water partition coefficient (Wildman–Crippen LogP) is 5.79. The van der Waals surface area contributed by atoms with Crippen LogP contribution in [0.25, 0.3) is 10.9 Å². The van der Waals surface area contributed by atoms with E-state index in [2.05, 4.69) is 10.3 Å². The molecule has 0 aliphatic carbocycles. The first-order valence-electron chi connectivity index (χ1n) is 9.25. The van der Waals surface area contributed by atoms with Crippen LogP contribution in [0.3, 0.4) is 0 Å². The molecule has 0 fully saturated rings. The van der Waals surface area contributed by atoms with Gasteiger partial charge in [0.1, 0.15) is 5.75 Å². The average molecular weight is 404 g/mol. The molecule has 0 radical (unpaired) electrons. The van der Waals surface area contributed by atoms with Gasteiger partial charge < -0.3 is 15.0 Å². The Labute approximate surface area is 167 Å². The molecular weight excluding hydrogens is 381 g/mol. The normalized spacial score (nSPS) is 12.2. The highest BCUT2D eigenvalue weighted by Gasteiger charge is 2.30. The number of hydrogen-bond acceptors (Lipinski definition) is 2. The molecule has 0 saturated heterocycles. The summed E-state index contributed by atoms with van der Waals surface area (Å²) < 4.78 is 43.4. The third kappa shape index (κ3) is 5.10. The summed E-state index contributed by atoms with van der Waals surface area (Å²) in [4.78, 5) is 15.4. The topological polar surface area (TPSA) is 54.1 Å². The van der Waals surface area contributed by atoms with Crippen LogP contribution in [0.1, 0.15) is 31.9 Å². The molecule has 1 aromatic heterocycles. The zero-order valence-electron chi connectivity index (χ0n) is 16.5. The number of anilines is 1. The Kier molecular flexibility index (Phi) is 5.59. The molecule has 1 heterocycles. The van der Waals surface area contributed by atoms with Gasteiger partial charge in [0.05, 0.1) is 17.9 Å². The fourth-order valence-electron chi connectivity index (χ4n) is 2.76. The van der Waals surface area contributed by atoms with E-state index in [0.29, 0.717) is 24.5 Å². The van der Waals surface area contributed by atoms with E-state index in [9.17, 15) is 18.0 Å². The van der Waals surface area contributed by atoms with Gasteiger partial charge in [-0.1, -0.05) is 26.8 Å². The van der Waals surface area contributed by atoms with Crippen molar-refractivity contribution in [3.63, 3.8) is 0 Å². The molecule has 29 heavy (non-hydrogen) atoms. The smallest absolute Gasteiger partial charge is 0.416 e. The molecule has 0 aliphatic heterocycles. The van der Waals surface area contributed by atoms with E-state index in [1.807, 2.05) is 39.0 Å². The van der Waals surface area contributed by atoms with Crippen molar-refractivity contribution in [3.8, 4) is 5.75 Å². The Morgan fingerprint density at radius 2 is 1.76 bits per heavy atom. The minimum Gasteiger partial charge on any atom is -0.493 e. The number of alkyl halides is 3. The molecule has 7 heteroatoms. The maximum atomic E-state index is 12.6. The van der Waals surface area contributed by atoms with Gasteiger partial charge in [0, 0.05) is 28.9 Å². The number of rotatable bonds is 5. The van der Waals surface area contributed by atoms with Crippen LogP contribution in [0.2, 0.25) is 0 Å². The summed E-state index contributed by atoms with van der Waals surface area (Å²) in [7, 11) is 0. The van der Waals surface area contributed by atoms with Gasteiger partial charge in [-0.25, -0.2) is 0 Å². The van der Waals surface area contributed by atoms with Crippen molar-refractivity contribution in [2.24, 2.45) is 5.41 Å². The van der Waals surface area contributed by atoms with Crippen molar-refractivity contribution in [3.05, 3.63) is 59.8 Å². The second-order valence-corrected chi connectivity index (χ2v) is 7.91. The molecule has 0 unspecified atom stereocenters. The van der Waals surface area contributed by atoms with E-state index < -0.39 is 17.2 Å². The second-order valence-electron chi connectivity index (χ2n) is 7.91. The van der Waals surface area contributed by atoms with Crippen molar-refractivity contribution in [2.45, 2.75) is 33.4 Å². The molecule has 2 N–H and O–H groups in total. The Morgan fingerprint density at radius 3 is 2.38 bits per heavy atom.